The SMILES string of the molecule is NC(=O)c1ccccc1NC(=S)NC(=O)c1ccccc1Cl. The molecule has 7 heteroatoms. The lowest BCUT2D eigenvalue weighted by molar-refractivity contribution is 0.0975. The molecule has 0 fully saturated rings. The number of carbonyl (C=O) groups is 2. The number of hydrogen-bond donors (Lipinski definition) is 3. The van der Waals surface area contributed by atoms with E-state index in [1.54, 1.807) is 48.5 Å². The fraction of sp³-hybridized carbons (Fsp3) is 0. The number of nitrogens with one attached hydrogen (secondary N) is 2. The van der Waals surface area contributed by atoms with Crippen LogP contribution >= 0.6 is 23.8 Å². The molecule has 2 aromatic carbocycles. The van der Waals surface area contributed by atoms with Crippen LogP contribution in [0.3, 0.4) is 0 Å². The summed E-state index contributed by atoms with van der Waals surface area (Å²) in [6.45, 7) is 0. The summed E-state index contributed by atoms with van der Waals surface area (Å²) >= 11 is 11.0. The first kappa shape index (κ1) is 15.9. The molecule has 0 saturated heterocycles. The van der Waals surface area contributed by atoms with Crippen LogP contribution in [-0.4, -0.2) is 16.9 Å². The highest BCUT2D eigenvalue weighted by atomic mass is 35.5. The maximum atomic E-state index is 12.1. The summed E-state index contributed by atoms with van der Waals surface area (Å²) in [5, 5.41) is 5.62. The molecule has 0 aliphatic rings. The number of anilines is 1. The molecule has 0 aromatic heterocycles. The molecular formula is C15H12ClN3O2S. The Kier molecular flexibility index (Phi) is 5.08. The Morgan fingerprint density at radius 2 is 1.59 bits per heavy atom. The van der Waals surface area contributed by atoms with E-state index in [-0.39, 0.29) is 10.7 Å². The van der Waals surface area contributed by atoms with Crippen LogP contribution in [0.2, 0.25) is 5.02 Å². The lowest BCUT2D eigenvalue weighted by atomic mass is 10.1. The van der Waals surface area contributed by atoms with Gasteiger partial charge < -0.3 is 11.1 Å². The van der Waals surface area contributed by atoms with Gasteiger partial charge in [-0.05, 0) is 36.5 Å². The number of thiocarbonyl (C=S) groups is 1. The molecule has 2 amide bonds. The predicted molar refractivity (Wildman–Crippen MR) is 90.1 cm³/mol. The van der Waals surface area contributed by atoms with Crippen molar-refractivity contribution < 1.29 is 9.59 Å². The second kappa shape index (κ2) is 7.02. The summed E-state index contributed by atoms with van der Waals surface area (Å²) < 4.78 is 0. The van der Waals surface area contributed by atoms with Gasteiger partial charge in [-0.1, -0.05) is 35.9 Å². The predicted octanol–water partition coefficient (Wildman–Crippen LogP) is 2.57. The van der Waals surface area contributed by atoms with Gasteiger partial charge in [0.05, 0.1) is 21.8 Å². The van der Waals surface area contributed by atoms with Crippen molar-refractivity contribution in [1.29, 1.82) is 0 Å². The standard InChI is InChI=1S/C15H12ClN3O2S/c16-11-7-3-1-5-9(11)14(21)19-15(22)18-12-8-4-2-6-10(12)13(17)20/h1-8H,(H2,17,20)(H2,18,19,21,22). The molecule has 22 heavy (non-hydrogen) atoms. The largest absolute Gasteiger partial charge is 0.366 e. The van der Waals surface area contributed by atoms with E-state index < -0.39 is 11.8 Å². The minimum absolute atomic E-state index is 0.0404. The first-order valence-electron chi connectivity index (χ1n) is 6.24. The average Bonchev–Trinajstić information content (AvgIpc) is 2.47. The first-order valence-corrected chi connectivity index (χ1v) is 7.03. The van der Waals surface area contributed by atoms with Crippen LogP contribution in [0.5, 0.6) is 0 Å². The van der Waals surface area contributed by atoms with Gasteiger partial charge in [0.25, 0.3) is 11.8 Å². The van der Waals surface area contributed by atoms with Crippen LogP contribution < -0.4 is 16.4 Å². The van der Waals surface area contributed by atoms with E-state index in [4.69, 9.17) is 29.6 Å². The van der Waals surface area contributed by atoms with Gasteiger partial charge in [-0.3, -0.25) is 14.9 Å². The highest BCUT2D eigenvalue weighted by Crippen LogP contribution is 2.16. The van der Waals surface area contributed by atoms with Crippen molar-refractivity contribution >= 4 is 46.4 Å². The molecule has 0 heterocycles. The average molecular weight is 334 g/mol. The molecule has 0 atom stereocenters. The molecule has 0 aliphatic heterocycles. The van der Waals surface area contributed by atoms with Gasteiger partial charge in [-0.15, -0.1) is 0 Å². The van der Waals surface area contributed by atoms with Crippen molar-refractivity contribution in [2.75, 3.05) is 5.32 Å². The molecule has 0 unspecified atom stereocenters. The van der Waals surface area contributed by atoms with Crippen molar-refractivity contribution in [2.45, 2.75) is 0 Å². The number of amides is 2. The number of rotatable bonds is 3. The van der Waals surface area contributed by atoms with Gasteiger partial charge in [0, 0.05) is 0 Å². The Morgan fingerprint density at radius 3 is 2.23 bits per heavy atom. The Bertz CT molecular complexity index is 749. The quantitative estimate of drug-likeness (QED) is 0.754. The molecule has 5 nitrogen and oxygen atoms in total. The maximum Gasteiger partial charge on any atom is 0.258 e. The van der Waals surface area contributed by atoms with E-state index >= 15 is 0 Å². The smallest absolute Gasteiger partial charge is 0.258 e. The van der Waals surface area contributed by atoms with E-state index in [0.29, 0.717) is 16.3 Å². The molecule has 0 saturated carbocycles. The highest BCUT2D eigenvalue weighted by Gasteiger charge is 2.13. The van der Waals surface area contributed by atoms with Crippen molar-refractivity contribution in [2.24, 2.45) is 5.73 Å². The third kappa shape index (κ3) is 3.81. The molecule has 0 spiro atoms. The zero-order valence-electron chi connectivity index (χ0n) is 11.3. The van der Waals surface area contributed by atoms with Gasteiger partial charge in [0.1, 0.15) is 0 Å². The molecule has 0 radical (unpaired) electrons. The molecule has 2 rings (SSSR count). The number of benzene rings is 2. The van der Waals surface area contributed by atoms with Crippen molar-refractivity contribution in [1.82, 2.24) is 5.32 Å². The van der Waals surface area contributed by atoms with Crippen LogP contribution in [-0.2, 0) is 0 Å². The Morgan fingerprint density at radius 1 is 1.00 bits per heavy atom. The zero-order chi connectivity index (χ0) is 16.1. The highest BCUT2D eigenvalue weighted by molar-refractivity contribution is 7.80. The van der Waals surface area contributed by atoms with Gasteiger partial charge in [-0.2, -0.15) is 0 Å². The molecule has 112 valence electrons. The number of halogens is 1. The Balaban J connectivity index is 2.10. The maximum absolute atomic E-state index is 12.1. The number of nitrogens with two attached hydrogens (primary N) is 1. The lowest BCUT2D eigenvalue weighted by Gasteiger charge is -2.12. The van der Waals surface area contributed by atoms with Gasteiger partial charge in [0.2, 0.25) is 0 Å². The first-order chi connectivity index (χ1) is 10.5. The number of para-hydroxylation sites is 1. The molecule has 4 N–H and O–H groups in total. The van der Waals surface area contributed by atoms with E-state index in [0.717, 1.165) is 0 Å². The monoisotopic (exact) mass is 333 g/mol. The summed E-state index contributed by atoms with van der Waals surface area (Å²) in [6, 6.07) is 13.2. The molecule has 2 aromatic rings. The van der Waals surface area contributed by atoms with E-state index in [1.807, 2.05) is 0 Å². The van der Waals surface area contributed by atoms with Crippen LogP contribution in [0.4, 0.5) is 5.69 Å². The van der Waals surface area contributed by atoms with Crippen LogP contribution in [0.15, 0.2) is 48.5 Å². The van der Waals surface area contributed by atoms with Gasteiger partial charge >= 0.3 is 0 Å². The third-order valence-corrected chi connectivity index (χ3v) is 3.32. The molecule has 0 bridgehead atoms. The van der Waals surface area contributed by atoms with Crippen LogP contribution in [0, 0.1) is 0 Å². The zero-order valence-corrected chi connectivity index (χ0v) is 12.9. The summed E-state index contributed by atoms with van der Waals surface area (Å²) in [7, 11) is 0. The number of hydrogen-bond acceptors (Lipinski definition) is 3. The second-order valence-electron chi connectivity index (χ2n) is 4.30. The fourth-order valence-electron chi connectivity index (χ4n) is 1.78. The topological polar surface area (TPSA) is 84.2 Å². The number of primary amides is 1. The van der Waals surface area contributed by atoms with Crippen LogP contribution in [0.25, 0.3) is 0 Å². The summed E-state index contributed by atoms with van der Waals surface area (Å²) in [5.74, 6) is -1.04. The fourth-order valence-corrected chi connectivity index (χ4v) is 2.20. The summed E-state index contributed by atoms with van der Waals surface area (Å²) in [5.41, 5.74) is 6.27. The Labute approximate surface area is 137 Å². The molecule has 0 aliphatic carbocycles. The minimum atomic E-state index is -0.594. The Hall–Kier alpha value is -2.44. The summed E-state index contributed by atoms with van der Waals surface area (Å²) in [6.07, 6.45) is 0. The van der Waals surface area contributed by atoms with E-state index in [9.17, 15) is 9.59 Å². The second-order valence-corrected chi connectivity index (χ2v) is 5.11. The molecular weight excluding hydrogens is 322 g/mol. The van der Waals surface area contributed by atoms with Gasteiger partial charge in [0.15, 0.2) is 5.11 Å². The van der Waals surface area contributed by atoms with E-state index in [2.05, 4.69) is 10.6 Å². The summed E-state index contributed by atoms with van der Waals surface area (Å²) in [4.78, 5) is 23.4. The van der Waals surface area contributed by atoms with Crippen LogP contribution in [0.1, 0.15) is 20.7 Å². The number of carbonyl (C=O) groups excluding carboxylic acids is 2. The van der Waals surface area contributed by atoms with Gasteiger partial charge in [-0.25, -0.2) is 0 Å². The van der Waals surface area contributed by atoms with Crippen molar-refractivity contribution in [3.05, 3.63) is 64.7 Å². The van der Waals surface area contributed by atoms with Crippen molar-refractivity contribution in [3.8, 4) is 0 Å². The normalized spacial score (nSPS) is 9.86. The third-order valence-electron chi connectivity index (χ3n) is 2.79. The van der Waals surface area contributed by atoms with E-state index in [1.165, 1.54) is 0 Å². The minimum Gasteiger partial charge on any atom is -0.366 e. The van der Waals surface area contributed by atoms with Crippen molar-refractivity contribution in [3.63, 3.8) is 0 Å². The lowest BCUT2D eigenvalue weighted by Crippen LogP contribution is -2.34.